The topological polar surface area (TPSA) is 65.1 Å². The SMILES string of the molecule is COc1ccccc1NC(=O)N(CCN1CCCC1)CC(=O)N(Cc1ccccc1)Cc1sccc1C. The second-order valence-corrected chi connectivity index (χ2v) is 10.4. The highest BCUT2D eigenvalue weighted by Crippen LogP contribution is 2.24. The number of thiophene rings is 1. The molecule has 196 valence electrons. The van der Waals surface area contributed by atoms with Gasteiger partial charge in [-0.3, -0.25) is 4.79 Å². The zero-order chi connectivity index (χ0) is 26.0. The molecule has 3 amide bonds. The number of urea groups is 1. The molecular formula is C29H36N4O3S. The van der Waals surface area contributed by atoms with Crippen LogP contribution in [0.5, 0.6) is 5.75 Å². The predicted octanol–water partition coefficient (Wildman–Crippen LogP) is 5.22. The molecule has 2 heterocycles. The predicted molar refractivity (Wildman–Crippen MR) is 149 cm³/mol. The lowest BCUT2D eigenvalue weighted by molar-refractivity contribution is -0.133. The summed E-state index contributed by atoms with van der Waals surface area (Å²) in [6.07, 6.45) is 2.36. The number of nitrogens with one attached hydrogen (secondary N) is 1. The number of rotatable bonds is 11. The number of aryl methyl sites for hydroxylation is 1. The molecule has 1 aliphatic heterocycles. The molecule has 1 N–H and O–H groups in total. The maximum absolute atomic E-state index is 13.7. The van der Waals surface area contributed by atoms with Gasteiger partial charge in [0.15, 0.2) is 0 Å². The first-order chi connectivity index (χ1) is 18.0. The Kier molecular flexibility index (Phi) is 9.57. The molecule has 0 atom stereocenters. The third kappa shape index (κ3) is 7.57. The van der Waals surface area contributed by atoms with Gasteiger partial charge in [-0.15, -0.1) is 11.3 Å². The van der Waals surface area contributed by atoms with Crippen LogP contribution >= 0.6 is 11.3 Å². The van der Waals surface area contributed by atoms with Crippen molar-refractivity contribution >= 4 is 29.0 Å². The first kappa shape index (κ1) is 26.7. The molecule has 1 aliphatic rings. The molecule has 0 spiro atoms. The highest BCUT2D eigenvalue weighted by molar-refractivity contribution is 7.10. The van der Waals surface area contributed by atoms with E-state index in [1.54, 1.807) is 35.5 Å². The number of amides is 3. The molecule has 0 aliphatic carbocycles. The highest BCUT2D eigenvalue weighted by atomic mass is 32.1. The van der Waals surface area contributed by atoms with Gasteiger partial charge in [-0.25, -0.2) is 4.79 Å². The largest absolute Gasteiger partial charge is 0.495 e. The van der Waals surface area contributed by atoms with E-state index in [1.807, 2.05) is 47.4 Å². The van der Waals surface area contributed by atoms with Crippen molar-refractivity contribution in [2.75, 3.05) is 45.2 Å². The molecular weight excluding hydrogens is 484 g/mol. The third-order valence-electron chi connectivity index (χ3n) is 6.72. The Labute approximate surface area is 223 Å². The lowest BCUT2D eigenvalue weighted by Gasteiger charge is -2.29. The first-order valence-corrected chi connectivity index (χ1v) is 13.7. The van der Waals surface area contributed by atoms with Gasteiger partial charge in [-0.05, 0) is 67.6 Å². The normalized spacial score (nSPS) is 13.4. The minimum Gasteiger partial charge on any atom is -0.495 e. The number of benzene rings is 2. The van der Waals surface area contributed by atoms with Crippen LogP contribution in [0.2, 0.25) is 0 Å². The molecule has 4 rings (SSSR count). The molecule has 0 unspecified atom stereocenters. The number of carbonyl (C=O) groups excluding carboxylic acids is 2. The van der Waals surface area contributed by atoms with Crippen molar-refractivity contribution in [3.63, 3.8) is 0 Å². The Morgan fingerprint density at radius 1 is 0.973 bits per heavy atom. The number of nitrogens with zero attached hydrogens (tertiary/aromatic N) is 3. The van der Waals surface area contributed by atoms with Gasteiger partial charge >= 0.3 is 6.03 Å². The van der Waals surface area contributed by atoms with Gasteiger partial charge in [-0.1, -0.05) is 42.5 Å². The minimum absolute atomic E-state index is 0.00603. The smallest absolute Gasteiger partial charge is 0.322 e. The summed E-state index contributed by atoms with van der Waals surface area (Å²) < 4.78 is 5.41. The average molecular weight is 521 g/mol. The van der Waals surface area contributed by atoms with Crippen molar-refractivity contribution in [2.24, 2.45) is 0 Å². The summed E-state index contributed by atoms with van der Waals surface area (Å²) in [5, 5.41) is 5.01. The van der Waals surface area contributed by atoms with E-state index in [2.05, 4.69) is 28.6 Å². The summed E-state index contributed by atoms with van der Waals surface area (Å²) in [6, 6.07) is 19.1. The molecule has 1 aromatic heterocycles. The minimum atomic E-state index is -0.302. The maximum atomic E-state index is 13.7. The number of hydrogen-bond donors (Lipinski definition) is 1. The number of methoxy groups -OCH3 is 1. The van der Waals surface area contributed by atoms with E-state index in [0.29, 0.717) is 31.1 Å². The van der Waals surface area contributed by atoms with Gasteiger partial charge in [0.25, 0.3) is 0 Å². The van der Waals surface area contributed by atoms with Crippen LogP contribution in [0.25, 0.3) is 0 Å². The van der Waals surface area contributed by atoms with Crippen molar-refractivity contribution in [3.8, 4) is 5.75 Å². The van der Waals surface area contributed by atoms with Gasteiger partial charge in [0, 0.05) is 24.5 Å². The molecule has 0 bridgehead atoms. The first-order valence-electron chi connectivity index (χ1n) is 12.8. The number of anilines is 1. The molecule has 0 radical (unpaired) electrons. The van der Waals surface area contributed by atoms with Crippen LogP contribution in [0.3, 0.4) is 0 Å². The fourth-order valence-electron chi connectivity index (χ4n) is 4.50. The van der Waals surface area contributed by atoms with E-state index in [4.69, 9.17) is 4.74 Å². The molecule has 0 saturated carbocycles. The summed E-state index contributed by atoms with van der Waals surface area (Å²) in [6.45, 7) is 6.38. The third-order valence-corrected chi connectivity index (χ3v) is 7.73. The van der Waals surface area contributed by atoms with Crippen LogP contribution < -0.4 is 10.1 Å². The highest BCUT2D eigenvalue weighted by Gasteiger charge is 2.24. The molecule has 1 saturated heterocycles. The molecule has 7 nitrogen and oxygen atoms in total. The second-order valence-electron chi connectivity index (χ2n) is 9.36. The zero-order valence-electron chi connectivity index (χ0n) is 21.7. The van der Waals surface area contributed by atoms with E-state index in [9.17, 15) is 9.59 Å². The van der Waals surface area contributed by atoms with Crippen molar-refractivity contribution in [1.29, 1.82) is 0 Å². The quantitative estimate of drug-likeness (QED) is 0.376. The summed E-state index contributed by atoms with van der Waals surface area (Å²) in [4.78, 5) is 34.2. The van der Waals surface area contributed by atoms with E-state index < -0.39 is 0 Å². The zero-order valence-corrected chi connectivity index (χ0v) is 22.5. The fourth-order valence-corrected chi connectivity index (χ4v) is 5.42. The van der Waals surface area contributed by atoms with Crippen LogP contribution in [0.15, 0.2) is 66.0 Å². The Morgan fingerprint density at radius 3 is 2.41 bits per heavy atom. The van der Waals surface area contributed by atoms with Crippen LogP contribution in [-0.2, 0) is 17.9 Å². The number of para-hydroxylation sites is 2. The molecule has 1 fully saturated rings. The number of carbonyl (C=O) groups is 2. The van der Waals surface area contributed by atoms with E-state index >= 15 is 0 Å². The summed E-state index contributed by atoms with van der Waals surface area (Å²) >= 11 is 1.66. The van der Waals surface area contributed by atoms with Crippen LogP contribution in [0.1, 0.15) is 28.8 Å². The van der Waals surface area contributed by atoms with Gasteiger partial charge in [0.2, 0.25) is 5.91 Å². The lowest BCUT2D eigenvalue weighted by Crippen LogP contribution is -2.46. The standard InChI is InChI=1S/C29H36N4O3S/c1-23-14-19-37-27(23)21-33(20-24-10-4-3-5-11-24)28(34)22-32(18-17-31-15-8-9-16-31)29(35)30-25-12-6-7-13-26(25)36-2/h3-7,10-14,19H,8-9,15-18,20-22H2,1-2H3,(H,30,35). The van der Waals surface area contributed by atoms with E-state index in [0.717, 1.165) is 30.1 Å². The van der Waals surface area contributed by atoms with E-state index in [1.165, 1.54) is 18.4 Å². The summed E-state index contributed by atoms with van der Waals surface area (Å²) in [5.41, 5.74) is 2.83. The Morgan fingerprint density at radius 2 is 1.70 bits per heavy atom. The molecule has 8 heteroatoms. The van der Waals surface area contributed by atoms with Crippen molar-refractivity contribution in [3.05, 3.63) is 82.0 Å². The Bertz CT molecular complexity index is 1160. The van der Waals surface area contributed by atoms with Gasteiger partial charge < -0.3 is 24.8 Å². The van der Waals surface area contributed by atoms with E-state index in [-0.39, 0.29) is 18.5 Å². The van der Waals surface area contributed by atoms with Gasteiger partial charge in [0.05, 0.1) is 19.3 Å². The van der Waals surface area contributed by atoms with Crippen molar-refractivity contribution in [1.82, 2.24) is 14.7 Å². The Balaban J connectivity index is 1.51. The van der Waals surface area contributed by atoms with Crippen molar-refractivity contribution in [2.45, 2.75) is 32.9 Å². The van der Waals surface area contributed by atoms with Crippen LogP contribution in [-0.4, -0.2) is 66.5 Å². The van der Waals surface area contributed by atoms with Crippen molar-refractivity contribution < 1.29 is 14.3 Å². The second kappa shape index (κ2) is 13.3. The lowest BCUT2D eigenvalue weighted by atomic mass is 10.2. The monoisotopic (exact) mass is 520 g/mol. The van der Waals surface area contributed by atoms with Crippen LogP contribution in [0.4, 0.5) is 10.5 Å². The average Bonchev–Trinajstić information content (AvgIpc) is 3.58. The number of likely N-dealkylation sites (tertiary alicyclic amines) is 1. The number of ether oxygens (including phenoxy) is 1. The summed E-state index contributed by atoms with van der Waals surface area (Å²) in [5.74, 6) is 0.508. The maximum Gasteiger partial charge on any atom is 0.322 e. The Hall–Kier alpha value is -3.36. The summed E-state index contributed by atoms with van der Waals surface area (Å²) in [7, 11) is 1.58. The van der Waals surface area contributed by atoms with Gasteiger partial charge in [-0.2, -0.15) is 0 Å². The van der Waals surface area contributed by atoms with Crippen LogP contribution in [0, 0.1) is 6.92 Å². The molecule has 2 aromatic carbocycles. The fraction of sp³-hybridized carbons (Fsp3) is 0.379. The molecule has 37 heavy (non-hydrogen) atoms. The molecule has 3 aromatic rings. The van der Waals surface area contributed by atoms with Gasteiger partial charge in [0.1, 0.15) is 12.3 Å². The number of hydrogen-bond acceptors (Lipinski definition) is 5.